The molecular weight excluding hydrogens is 510 g/mol. The Morgan fingerprint density at radius 3 is 2.33 bits per heavy atom. The smallest absolute Gasteiger partial charge is 0.255 e. The van der Waals surface area contributed by atoms with Gasteiger partial charge in [-0.15, -0.1) is 0 Å². The van der Waals surface area contributed by atoms with E-state index in [-0.39, 0.29) is 30.4 Å². The van der Waals surface area contributed by atoms with Gasteiger partial charge in [0.2, 0.25) is 17.7 Å². The zero-order chi connectivity index (χ0) is 28.7. The number of carbonyl (C=O) groups excluding carboxylic acids is 4. The zero-order valence-electron chi connectivity index (χ0n) is 23.4. The van der Waals surface area contributed by atoms with Crippen LogP contribution in [0.25, 0.3) is 0 Å². The molecule has 0 saturated carbocycles. The SMILES string of the molecule is CCN1CCN(C(=O)[C@@H]2CC(=O)NC(C)(C)C(=O)N[C@H](Cc3ccccc3)COc3ccccc3C(=O)N2)CC1. The summed E-state index contributed by atoms with van der Waals surface area (Å²) < 4.78 is 6.10. The third-order valence-corrected chi connectivity index (χ3v) is 7.38. The fourth-order valence-corrected chi connectivity index (χ4v) is 4.97. The largest absolute Gasteiger partial charge is 0.491 e. The summed E-state index contributed by atoms with van der Waals surface area (Å²) in [6.45, 7) is 8.76. The Morgan fingerprint density at radius 2 is 1.62 bits per heavy atom. The number of likely N-dealkylation sites (N-methyl/N-ethyl adjacent to an activating group) is 1. The molecule has 2 heterocycles. The summed E-state index contributed by atoms with van der Waals surface area (Å²) in [5.74, 6) is -1.38. The monoisotopic (exact) mass is 549 g/mol. The summed E-state index contributed by atoms with van der Waals surface area (Å²) in [6.07, 6.45) is 0.193. The number of hydrogen-bond acceptors (Lipinski definition) is 6. The van der Waals surface area contributed by atoms with Crippen LogP contribution in [-0.4, -0.2) is 90.4 Å². The van der Waals surface area contributed by atoms with Gasteiger partial charge in [0, 0.05) is 26.2 Å². The molecule has 2 aromatic rings. The third kappa shape index (κ3) is 7.38. The van der Waals surface area contributed by atoms with Crippen molar-refractivity contribution in [3.8, 4) is 5.75 Å². The Balaban J connectivity index is 1.61. The lowest BCUT2D eigenvalue weighted by Crippen LogP contribution is -2.60. The lowest BCUT2D eigenvalue weighted by Gasteiger charge is -2.36. The normalized spacial score (nSPS) is 22.6. The molecule has 10 nitrogen and oxygen atoms in total. The van der Waals surface area contributed by atoms with Gasteiger partial charge in [0.25, 0.3) is 5.91 Å². The Morgan fingerprint density at radius 1 is 0.950 bits per heavy atom. The van der Waals surface area contributed by atoms with Crippen LogP contribution < -0.4 is 20.7 Å². The quantitative estimate of drug-likeness (QED) is 0.530. The molecule has 0 spiro atoms. The van der Waals surface area contributed by atoms with Crippen LogP contribution in [0.2, 0.25) is 0 Å². The van der Waals surface area contributed by atoms with E-state index >= 15 is 0 Å². The highest BCUT2D eigenvalue weighted by Crippen LogP contribution is 2.20. The van der Waals surface area contributed by atoms with Crippen LogP contribution in [0, 0.1) is 0 Å². The minimum Gasteiger partial charge on any atom is -0.491 e. The maximum absolute atomic E-state index is 13.5. The molecule has 0 bridgehead atoms. The average Bonchev–Trinajstić information content (AvgIpc) is 2.95. The van der Waals surface area contributed by atoms with Gasteiger partial charge in [-0.1, -0.05) is 49.4 Å². The third-order valence-electron chi connectivity index (χ3n) is 7.38. The fourth-order valence-electron chi connectivity index (χ4n) is 4.97. The molecule has 10 heteroatoms. The number of hydrogen-bond donors (Lipinski definition) is 3. The number of para-hydroxylation sites is 1. The molecule has 2 aliphatic rings. The van der Waals surface area contributed by atoms with E-state index in [1.54, 1.807) is 43.0 Å². The van der Waals surface area contributed by atoms with Crippen molar-refractivity contribution < 1.29 is 23.9 Å². The second kappa shape index (κ2) is 13.0. The molecule has 2 atom stereocenters. The van der Waals surface area contributed by atoms with E-state index < -0.39 is 29.4 Å². The van der Waals surface area contributed by atoms with Gasteiger partial charge >= 0.3 is 0 Å². The van der Waals surface area contributed by atoms with Crippen LogP contribution in [0.1, 0.15) is 43.1 Å². The van der Waals surface area contributed by atoms with Crippen molar-refractivity contribution in [1.29, 1.82) is 0 Å². The van der Waals surface area contributed by atoms with Gasteiger partial charge in [-0.05, 0) is 44.5 Å². The number of rotatable bonds is 4. The van der Waals surface area contributed by atoms with E-state index in [0.29, 0.717) is 25.3 Å². The van der Waals surface area contributed by atoms with Crippen molar-refractivity contribution in [2.24, 2.45) is 0 Å². The topological polar surface area (TPSA) is 120 Å². The second-order valence-corrected chi connectivity index (χ2v) is 10.8. The predicted octanol–water partition coefficient (Wildman–Crippen LogP) is 1.35. The van der Waals surface area contributed by atoms with Crippen molar-refractivity contribution in [2.75, 3.05) is 39.3 Å². The Labute approximate surface area is 235 Å². The molecule has 1 saturated heterocycles. The first kappa shape index (κ1) is 29.1. The predicted molar refractivity (Wildman–Crippen MR) is 151 cm³/mol. The van der Waals surface area contributed by atoms with E-state index in [4.69, 9.17) is 4.74 Å². The number of amides is 4. The summed E-state index contributed by atoms with van der Waals surface area (Å²) in [6, 6.07) is 14.9. The minimum absolute atomic E-state index is 0.0962. The summed E-state index contributed by atoms with van der Waals surface area (Å²) in [7, 11) is 0. The van der Waals surface area contributed by atoms with Crippen molar-refractivity contribution in [3.63, 3.8) is 0 Å². The number of fused-ring (bicyclic) bond motifs is 1. The average molecular weight is 550 g/mol. The molecule has 1 fully saturated rings. The van der Waals surface area contributed by atoms with Gasteiger partial charge in [-0.3, -0.25) is 19.2 Å². The lowest BCUT2D eigenvalue weighted by molar-refractivity contribution is -0.138. The lowest BCUT2D eigenvalue weighted by atomic mass is 10.0. The molecule has 0 aromatic heterocycles. The fraction of sp³-hybridized carbons (Fsp3) is 0.467. The molecule has 4 amide bonds. The number of piperazine rings is 1. The Bertz CT molecular complexity index is 1210. The van der Waals surface area contributed by atoms with Crippen LogP contribution in [0.15, 0.2) is 54.6 Å². The van der Waals surface area contributed by atoms with E-state index in [0.717, 1.165) is 25.2 Å². The summed E-state index contributed by atoms with van der Waals surface area (Å²) >= 11 is 0. The first-order valence-corrected chi connectivity index (χ1v) is 13.9. The van der Waals surface area contributed by atoms with Crippen LogP contribution in [0.3, 0.4) is 0 Å². The highest BCUT2D eigenvalue weighted by molar-refractivity contribution is 6.01. The zero-order valence-corrected chi connectivity index (χ0v) is 23.4. The van der Waals surface area contributed by atoms with Gasteiger partial charge in [0.1, 0.15) is 23.9 Å². The molecule has 2 aromatic carbocycles. The number of nitrogens with zero attached hydrogens (tertiary/aromatic N) is 2. The molecule has 214 valence electrons. The van der Waals surface area contributed by atoms with Crippen LogP contribution >= 0.6 is 0 Å². The van der Waals surface area contributed by atoms with Crippen molar-refractivity contribution in [1.82, 2.24) is 25.8 Å². The summed E-state index contributed by atoms with van der Waals surface area (Å²) in [5.41, 5.74) is -0.0107. The molecule has 0 radical (unpaired) electrons. The van der Waals surface area contributed by atoms with Gasteiger partial charge in [0.05, 0.1) is 18.0 Å². The summed E-state index contributed by atoms with van der Waals surface area (Å²) in [4.78, 5) is 57.4. The number of benzene rings is 2. The van der Waals surface area contributed by atoms with E-state index in [1.807, 2.05) is 30.3 Å². The Hall–Kier alpha value is -3.92. The summed E-state index contributed by atoms with van der Waals surface area (Å²) in [5, 5.41) is 8.55. The maximum Gasteiger partial charge on any atom is 0.255 e. The molecule has 0 aliphatic carbocycles. The van der Waals surface area contributed by atoms with E-state index in [2.05, 4.69) is 27.8 Å². The minimum atomic E-state index is -1.27. The highest BCUT2D eigenvalue weighted by Gasteiger charge is 2.35. The van der Waals surface area contributed by atoms with Gasteiger partial charge in [-0.25, -0.2) is 0 Å². The molecule has 40 heavy (non-hydrogen) atoms. The van der Waals surface area contributed by atoms with Crippen molar-refractivity contribution in [3.05, 3.63) is 65.7 Å². The molecule has 0 unspecified atom stereocenters. The van der Waals surface area contributed by atoms with Crippen molar-refractivity contribution >= 4 is 23.6 Å². The number of carbonyl (C=O) groups is 4. The maximum atomic E-state index is 13.5. The molecule has 4 rings (SSSR count). The van der Waals surface area contributed by atoms with Crippen LogP contribution in [-0.2, 0) is 20.8 Å². The standard InChI is InChI=1S/C30H39N5O5/c1-4-34-14-16-35(17-15-34)28(38)24-19-26(36)33-30(2,3)29(39)31-22(18-21-10-6-5-7-11-21)20-40-25-13-9-8-12-23(25)27(37)32-24/h5-13,22,24H,4,14-20H2,1-3H3,(H,31,39)(H,32,37)(H,33,36)/t22-,24+/m1/s1. The molecular formula is C30H39N5O5. The van der Waals surface area contributed by atoms with E-state index in [9.17, 15) is 19.2 Å². The van der Waals surface area contributed by atoms with Gasteiger partial charge in [0.15, 0.2) is 0 Å². The first-order valence-electron chi connectivity index (χ1n) is 13.9. The highest BCUT2D eigenvalue weighted by atomic mass is 16.5. The van der Waals surface area contributed by atoms with Crippen LogP contribution in [0.5, 0.6) is 5.75 Å². The van der Waals surface area contributed by atoms with Crippen LogP contribution in [0.4, 0.5) is 0 Å². The van der Waals surface area contributed by atoms with E-state index in [1.165, 1.54) is 0 Å². The molecule has 2 aliphatic heterocycles. The van der Waals surface area contributed by atoms with Crippen molar-refractivity contribution in [2.45, 2.75) is 51.2 Å². The number of ether oxygens (including phenoxy) is 1. The van der Waals surface area contributed by atoms with Gasteiger partial charge in [-0.2, -0.15) is 0 Å². The number of nitrogens with one attached hydrogen (secondary N) is 3. The Kier molecular flexibility index (Phi) is 9.42. The first-order chi connectivity index (χ1) is 19.2. The molecule has 3 N–H and O–H groups in total. The second-order valence-electron chi connectivity index (χ2n) is 10.8. The van der Waals surface area contributed by atoms with Gasteiger partial charge < -0.3 is 30.5 Å².